The summed E-state index contributed by atoms with van der Waals surface area (Å²) >= 11 is 0. The number of nitrogens with zero attached hydrogens (tertiary/aromatic N) is 2. The van der Waals surface area contributed by atoms with Crippen LogP contribution in [0.4, 0.5) is 9.59 Å². The van der Waals surface area contributed by atoms with Gasteiger partial charge in [0, 0.05) is 36.2 Å². The summed E-state index contributed by atoms with van der Waals surface area (Å²) in [4.78, 5) is 29.0. The van der Waals surface area contributed by atoms with Crippen LogP contribution >= 0.6 is 0 Å². The molecule has 0 aromatic rings. The fourth-order valence-electron chi connectivity index (χ4n) is 3.83. The SMILES string of the molecule is CC(C)N(C(=O)O/C=C1/C(O[Si](C)(C)C(C)(C)C)C[C@H]1OC(=O)N(C(C)C)C(C)C)C(C)C. The Balaban J connectivity index is 3.12. The quantitative estimate of drug-likeness (QED) is 0.289. The third-order valence-electron chi connectivity index (χ3n) is 6.60. The minimum absolute atomic E-state index is 0.0100. The van der Waals surface area contributed by atoms with E-state index in [9.17, 15) is 9.59 Å². The Labute approximate surface area is 202 Å². The summed E-state index contributed by atoms with van der Waals surface area (Å²) in [5, 5.41) is 0.0364. The van der Waals surface area contributed by atoms with Gasteiger partial charge in [-0.15, -0.1) is 0 Å². The summed E-state index contributed by atoms with van der Waals surface area (Å²) in [7, 11) is -2.06. The van der Waals surface area contributed by atoms with Gasteiger partial charge in [0.2, 0.25) is 0 Å². The zero-order chi connectivity index (χ0) is 25.9. The van der Waals surface area contributed by atoms with Gasteiger partial charge in [-0.25, -0.2) is 9.59 Å². The van der Waals surface area contributed by atoms with Crippen molar-refractivity contribution in [3.8, 4) is 0 Å². The lowest BCUT2D eigenvalue weighted by molar-refractivity contribution is -0.000816. The predicted molar refractivity (Wildman–Crippen MR) is 136 cm³/mol. The summed E-state index contributed by atoms with van der Waals surface area (Å²) in [6.45, 7) is 26.6. The van der Waals surface area contributed by atoms with Crippen LogP contribution in [-0.4, -0.2) is 66.7 Å². The maximum atomic E-state index is 12.9. The highest BCUT2D eigenvalue weighted by Gasteiger charge is 2.47. The van der Waals surface area contributed by atoms with Gasteiger partial charge in [-0.3, -0.25) is 0 Å². The summed E-state index contributed by atoms with van der Waals surface area (Å²) in [5.41, 5.74) is 0.710. The van der Waals surface area contributed by atoms with E-state index in [1.807, 2.05) is 55.4 Å². The van der Waals surface area contributed by atoms with Gasteiger partial charge in [-0.05, 0) is 73.5 Å². The molecule has 0 bridgehead atoms. The third-order valence-corrected chi connectivity index (χ3v) is 11.1. The van der Waals surface area contributed by atoms with Gasteiger partial charge in [0.25, 0.3) is 0 Å². The van der Waals surface area contributed by atoms with Crippen molar-refractivity contribution in [1.29, 1.82) is 0 Å². The first kappa shape index (κ1) is 29.5. The van der Waals surface area contributed by atoms with Crippen molar-refractivity contribution >= 4 is 20.5 Å². The van der Waals surface area contributed by atoms with Gasteiger partial charge in [-0.2, -0.15) is 0 Å². The fourth-order valence-corrected chi connectivity index (χ4v) is 5.12. The van der Waals surface area contributed by atoms with Crippen LogP contribution in [-0.2, 0) is 13.9 Å². The lowest BCUT2D eigenvalue weighted by atomic mass is 9.86. The van der Waals surface area contributed by atoms with Crippen LogP contribution in [0.2, 0.25) is 18.1 Å². The second-order valence-electron chi connectivity index (χ2n) is 11.7. The van der Waals surface area contributed by atoms with Gasteiger partial charge < -0.3 is 23.7 Å². The number of hydrogen-bond acceptors (Lipinski definition) is 5. The lowest BCUT2D eigenvalue weighted by Crippen LogP contribution is -2.53. The molecule has 0 aromatic carbocycles. The molecule has 1 saturated carbocycles. The van der Waals surface area contributed by atoms with Crippen molar-refractivity contribution < 1.29 is 23.5 Å². The van der Waals surface area contributed by atoms with E-state index >= 15 is 0 Å². The van der Waals surface area contributed by atoms with Gasteiger partial charge in [0.15, 0.2) is 8.32 Å². The highest BCUT2D eigenvalue weighted by Crippen LogP contribution is 2.42. The fraction of sp³-hybridized carbons (Fsp3) is 0.840. The van der Waals surface area contributed by atoms with E-state index in [0.717, 1.165) is 0 Å². The lowest BCUT2D eigenvalue weighted by Gasteiger charge is -2.46. The number of amides is 2. The number of carbonyl (C=O) groups excluding carboxylic acids is 2. The topological polar surface area (TPSA) is 68.3 Å². The van der Waals surface area contributed by atoms with E-state index in [2.05, 4.69) is 33.9 Å². The normalized spacial score (nSPS) is 20.5. The van der Waals surface area contributed by atoms with Crippen LogP contribution < -0.4 is 0 Å². The first-order valence-electron chi connectivity index (χ1n) is 12.3. The number of carbonyl (C=O) groups is 2. The van der Waals surface area contributed by atoms with Gasteiger partial charge in [0.1, 0.15) is 12.4 Å². The van der Waals surface area contributed by atoms with Crippen molar-refractivity contribution in [3.05, 3.63) is 11.8 Å². The minimum Gasteiger partial charge on any atom is -0.441 e. The molecule has 33 heavy (non-hydrogen) atoms. The van der Waals surface area contributed by atoms with Crippen LogP contribution in [0.15, 0.2) is 11.8 Å². The molecule has 2 amide bonds. The molecule has 0 spiro atoms. The smallest absolute Gasteiger partial charge is 0.415 e. The van der Waals surface area contributed by atoms with Crippen LogP contribution in [0, 0.1) is 0 Å². The van der Waals surface area contributed by atoms with Crippen LogP contribution in [0.25, 0.3) is 0 Å². The maximum Gasteiger partial charge on any atom is 0.415 e. The van der Waals surface area contributed by atoms with Crippen LogP contribution in [0.1, 0.15) is 82.6 Å². The van der Waals surface area contributed by atoms with Crippen LogP contribution in [0.3, 0.4) is 0 Å². The molecule has 0 aromatic heterocycles. The summed E-state index contributed by atoms with van der Waals surface area (Å²) < 4.78 is 18.0. The molecular formula is C25H48N2O5Si. The number of hydrogen-bond donors (Lipinski definition) is 0. The highest BCUT2D eigenvalue weighted by atomic mass is 28.4. The molecule has 192 valence electrons. The molecule has 0 radical (unpaired) electrons. The first-order chi connectivity index (χ1) is 14.9. The van der Waals surface area contributed by atoms with Gasteiger partial charge in [0.05, 0.1) is 6.10 Å². The Morgan fingerprint density at radius 2 is 1.27 bits per heavy atom. The zero-order valence-corrected chi connectivity index (χ0v) is 24.2. The molecule has 1 aliphatic rings. The summed E-state index contributed by atoms with van der Waals surface area (Å²) in [6, 6.07) is 0.0622. The Kier molecular flexibility index (Phi) is 10.1. The first-order valence-corrected chi connectivity index (χ1v) is 15.2. The Morgan fingerprint density at radius 1 is 0.848 bits per heavy atom. The second-order valence-corrected chi connectivity index (χ2v) is 16.4. The standard InChI is InChI=1S/C25H48N2O5Si/c1-16(2)26(17(3)4)23(28)30-15-20-21(31-24(29)27(18(5)6)19(7)8)14-22(20)32-33(12,13)25(9,10)11/h15-19,21-22H,14H2,1-13H3/b20-15+/t21-,22?/m1/s1. The van der Waals surface area contributed by atoms with Crippen molar-refractivity contribution in [3.63, 3.8) is 0 Å². The van der Waals surface area contributed by atoms with E-state index < -0.39 is 20.5 Å². The van der Waals surface area contributed by atoms with Crippen molar-refractivity contribution in [2.75, 3.05) is 0 Å². The predicted octanol–water partition coefficient (Wildman–Crippen LogP) is 6.54. The van der Waals surface area contributed by atoms with E-state index in [0.29, 0.717) is 12.0 Å². The van der Waals surface area contributed by atoms with E-state index in [-0.39, 0.29) is 41.4 Å². The molecule has 1 rings (SSSR count). The second kappa shape index (κ2) is 11.3. The maximum absolute atomic E-state index is 12.9. The van der Waals surface area contributed by atoms with Crippen molar-refractivity contribution in [2.45, 2.75) is 137 Å². The Hall–Kier alpha value is -1.54. The van der Waals surface area contributed by atoms with E-state index in [1.165, 1.54) is 6.26 Å². The van der Waals surface area contributed by atoms with Crippen molar-refractivity contribution in [1.82, 2.24) is 9.80 Å². The highest BCUT2D eigenvalue weighted by molar-refractivity contribution is 6.74. The molecule has 0 aliphatic heterocycles. The molecule has 7 nitrogen and oxygen atoms in total. The number of rotatable bonds is 8. The molecular weight excluding hydrogens is 436 g/mol. The Bertz CT molecular complexity index is 694. The Morgan fingerprint density at radius 3 is 1.67 bits per heavy atom. The van der Waals surface area contributed by atoms with Crippen LogP contribution in [0.5, 0.6) is 0 Å². The largest absolute Gasteiger partial charge is 0.441 e. The molecule has 0 saturated heterocycles. The number of ether oxygens (including phenoxy) is 2. The van der Waals surface area contributed by atoms with Gasteiger partial charge >= 0.3 is 12.2 Å². The monoisotopic (exact) mass is 484 g/mol. The van der Waals surface area contributed by atoms with E-state index in [1.54, 1.807) is 9.80 Å². The van der Waals surface area contributed by atoms with Crippen molar-refractivity contribution in [2.24, 2.45) is 0 Å². The molecule has 0 heterocycles. The molecule has 1 unspecified atom stereocenters. The molecule has 1 aliphatic carbocycles. The summed E-state index contributed by atoms with van der Waals surface area (Å²) in [6.07, 6.45) is 0.541. The molecule has 0 N–H and O–H groups in total. The summed E-state index contributed by atoms with van der Waals surface area (Å²) in [5.74, 6) is 0. The van der Waals surface area contributed by atoms with E-state index in [4.69, 9.17) is 13.9 Å². The molecule has 1 fully saturated rings. The minimum atomic E-state index is -2.06. The third kappa shape index (κ3) is 7.47. The average Bonchev–Trinajstić information content (AvgIpc) is 2.58. The molecule has 2 atom stereocenters. The molecule has 8 heteroatoms. The zero-order valence-electron chi connectivity index (χ0n) is 23.2. The van der Waals surface area contributed by atoms with Gasteiger partial charge in [-0.1, -0.05) is 20.8 Å². The average molecular weight is 485 g/mol.